The minimum atomic E-state index is -1.13. The molecule has 0 atom stereocenters. The molecule has 0 aliphatic rings. The van der Waals surface area contributed by atoms with Gasteiger partial charge in [0, 0.05) is 30.9 Å². The van der Waals surface area contributed by atoms with Gasteiger partial charge in [0.05, 0.1) is 0 Å². The number of nitrogens with one attached hydrogen (secondary N) is 1. The predicted molar refractivity (Wildman–Crippen MR) is 82.5 cm³/mol. The minimum Gasteiger partial charge on any atom is -0.476 e. The highest BCUT2D eigenvalue weighted by atomic mass is 32.1. The quantitative estimate of drug-likeness (QED) is 0.906. The van der Waals surface area contributed by atoms with Gasteiger partial charge in [0.2, 0.25) is 5.01 Å². The number of hydrogen-bond donors (Lipinski definition) is 2. The van der Waals surface area contributed by atoms with Crippen LogP contribution in [0, 0.1) is 6.92 Å². The zero-order valence-electron chi connectivity index (χ0n) is 11.9. The number of nitrogens with zero attached hydrogens (tertiary/aromatic N) is 2. The molecule has 7 heteroatoms. The van der Waals surface area contributed by atoms with Gasteiger partial charge in [-0.25, -0.2) is 9.78 Å². The van der Waals surface area contributed by atoms with Crippen molar-refractivity contribution in [2.75, 3.05) is 24.3 Å². The molecule has 0 aliphatic carbocycles. The van der Waals surface area contributed by atoms with E-state index in [1.165, 1.54) is 5.38 Å². The first-order valence-electron chi connectivity index (χ1n) is 6.16. The molecule has 0 aliphatic heterocycles. The van der Waals surface area contributed by atoms with E-state index in [-0.39, 0.29) is 10.7 Å². The highest BCUT2D eigenvalue weighted by Gasteiger charge is 2.15. The molecule has 110 valence electrons. The van der Waals surface area contributed by atoms with Gasteiger partial charge in [-0.1, -0.05) is 6.07 Å². The molecule has 6 nitrogen and oxygen atoms in total. The molecular weight excluding hydrogens is 290 g/mol. The predicted octanol–water partition coefficient (Wildman–Crippen LogP) is 2.47. The van der Waals surface area contributed by atoms with Gasteiger partial charge in [-0.3, -0.25) is 4.79 Å². The van der Waals surface area contributed by atoms with Crippen molar-refractivity contribution in [1.82, 2.24) is 4.98 Å². The van der Waals surface area contributed by atoms with Crippen molar-refractivity contribution in [2.24, 2.45) is 0 Å². The minimum absolute atomic E-state index is 0.0990. The van der Waals surface area contributed by atoms with Crippen LogP contribution in [-0.4, -0.2) is 36.1 Å². The van der Waals surface area contributed by atoms with E-state index in [9.17, 15) is 9.59 Å². The van der Waals surface area contributed by atoms with Gasteiger partial charge >= 0.3 is 5.97 Å². The smallest absolute Gasteiger partial charge is 0.365 e. The molecule has 2 rings (SSSR count). The molecule has 0 fully saturated rings. The fraction of sp³-hybridized carbons (Fsp3) is 0.214. The molecule has 0 radical (unpaired) electrons. The Bertz CT molecular complexity index is 695. The van der Waals surface area contributed by atoms with Gasteiger partial charge in [-0.05, 0) is 24.6 Å². The standard InChI is InChI=1S/C14H15N3O3S/c1-8-4-5-9(6-11(8)17(2)3)15-12(18)10-7-21-13(16-10)14(19)20/h4-7H,1-3H3,(H,15,18)(H,19,20). The topological polar surface area (TPSA) is 82.5 Å². The van der Waals surface area contributed by atoms with Crippen molar-refractivity contribution >= 4 is 34.6 Å². The number of benzene rings is 1. The molecule has 0 unspecified atom stereocenters. The van der Waals surface area contributed by atoms with E-state index >= 15 is 0 Å². The fourth-order valence-electron chi connectivity index (χ4n) is 1.84. The lowest BCUT2D eigenvalue weighted by atomic mass is 10.1. The maximum Gasteiger partial charge on any atom is 0.365 e. The van der Waals surface area contributed by atoms with Gasteiger partial charge in [0.1, 0.15) is 5.69 Å². The first-order chi connectivity index (χ1) is 9.88. The number of aromatic nitrogens is 1. The van der Waals surface area contributed by atoms with Crippen molar-refractivity contribution in [2.45, 2.75) is 6.92 Å². The van der Waals surface area contributed by atoms with Gasteiger partial charge in [0.15, 0.2) is 0 Å². The van der Waals surface area contributed by atoms with Crippen molar-refractivity contribution in [1.29, 1.82) is 0 Å². The summed E-state index contributed by atoms with van der Waals surface area (Å²) in [7, 11) is 3.85. The van der Waals surface area contributed by atoms with Crippen LogP contribution in [0.4, 0.5) is 11.4 Å². The van der Waals surface area contributed by atoms with E-state index in [1.54, 1.807) is 6.07 Å². The molecule has 0 saturated heterocycles. The number of aromatic carboxylic acids is 1. The summed E-state index contributed by atoms with van der Waals surface area (Å²) >= 11 is 0.927. The molecule has 1 aromatic heterocycles. The van der Waals surface area contributed by atoms with Gasteiger partial charge in [-0.15, -0.1) is 11.3 Å². The monoisotopic (exact) mass is 305 g/mol. The Morgan fingerprint density at radius 2 is 2.05 bits per heavy atom. The second kappa shape index (κ2) is 5.92. The van der Waals surface area contributed by atoms with Gasteiger partial charge in [0.25, 0.3) is 5.91 Å². The molecule has 2 N–H and O–H groups in total. The Morgan fingerprint density at radius 1 is 1.33 bits per heavy atom. The van der Waals surface area contributed by atoms with Crippen LogP contribution >= 0.6 is 11.3 Å². The number of carboxylic acid groups (broad SMARTS) is 1. The van der Waals surface area contributed by atoms with E-state index in [0.29, 0.717) is 5.69 Å². The summed E-state index contributed by atoms with van der Waals surface area (Å²) in [5.74, 6) is -1.56. The van der Waals surface area contributed by atoms with Crippen LogP contribution < -0.4 is 10.2 Å². The summed E-state index contributed by atoms with van der Waals surface area (Å²) in [5, 5.41) is 12.9. The van der Waals surface area contributed by atoms with E-state index in [2.05, 4.69) is 10.3 Å². The maximum atomic E-state index is 12.0. The van der Waals surface area contributed by atoms with Crippen molar-refractivity contribution in [3.05, 3.63) is 39.8 Å². The molecule has 2 aromatic rings. The highest BCUT2D eigenvalue weighted by molar-refractivity contribution is 7.11. The van der Waals surface area contributed by atoms with E-state index in [4.69, 9.17) is 5.11 Å². The number of thiazole rings is 1. The van der Waals surface area contributed by atoms with Crippen LogP contribution in [0.2, 0.25) is 0 Å². The highest BCUT2D eigenvalue weighted by Crippen LogP contribution is 2.23. The third-order valence-corrected chi connectivity index (χ3v) is 3.70. The maximum absolute atomic E-state index is 12.0. The first-order valence-corrected chi connectivity index (χ1v) is 7.04. The lowest BCUT2D eigenvalue weighted by Gasteiger charge is -2.17. The van der Waals surface area contributed by atoms with Crippen LogP contribution in [0.5, 0.6) is 0 Å². The molecule has 0 saturated carbocycles. The number of carbonyl (C=O) groups is 2. The summed E-state index contributed by atoms with van der Waals surface area (Å²) in [6.07, 6.45) is 0. The Hall–Kier alpha value is -2.41. The number of hydrogen-bond acceptors (Lipinski definition) is 5. The molecule has 1 aromatic carbocycles. The number of carbonyl (C=O) groups excluding carboxylic acids is 1. The number of aryl methyl sites for hydroxylation is 1. The third kappa shape index (κ3) is 3.38. The largest absolute Gasteiger partial charge is 0.476 e. The van der Waals surface area contributed by atoms with Crippen LogP contribution in [0.1, 0.15) is 25.9 Å². The van der Waals surface area contributed by atoms with E-state index in [1.807, 2.05) is 38.1 Å². The van der Waals surface area contributed by atoms with Crippen LogP contribution in [-0.2, 0) is 0 Å². The van der Waals surface area contributed by atoms with E-state index < -0.39 is 11.9 Å². The molecule has 21 heavy (non-hydrogen) atoms. The average molecular weight is 305 g/mol. The zero-order chi connectivity index (χ0) is 15.6. The number of carboxylic acids is 1. The van der Waals surface area contributed by atoms with Crippen molar-refractivity contribution in [3.8, 4) is 0 Å². The Labute approximate surface area is 126 Å². The number of rotatable bonds is 4. The lowest BCUT2D eigenvalue weighted by Crippen LogP contribution is -2.14. The summed E-state index contributed by atoms with van der Waals surface area (Å²) in [6, 6.07) is 5.57. The van der Waals surface area contributed by atoms with Crippen molar-refractivity contribution in [3.63, 3.8) is 0 Å². The fourth-order valence-corrected chi connectivity index (χ4v) is 2.48. The average Bonchev–Trinajstić information content (AvgIpc) is 2.90. The summed E-state index contributed by atoms with van der Waals surface area (Å²) in [5.41, 5.74) is 2.83. The van der Waals surface area contributed by atoms with Crippen LogP contribution in [0.25, 0.3) is 0 Å². The van der Waals surface area contributed by atoms with E-state index in [0.717, 1.165) is 22.6 Å². The molecule has 1 heterocycles. The van der Waals surface area contributed by atoms with Crippen molar-refractivity contribution < 1.29 is 14.7 Å². The van der Waals surface area contributed by atoms with Crippen LogP contribution in [0.3, 0.4) is 0 Å². The molecule has 0 bridgehead atoms. The molecule has 1 amide bonds. The zero-order valence-corrected chi connectivity index (χ0v) is 12.7. The lowest BCUT2D eigenvalue weighted by molar-refractivity contribution is 0.0696. The Balaban J connectivity index is 2.19. The second-order valence-corrected chi connectivity index (χ2v) is 5.55. The molecule has 0 spiro atoms. The summed E-state index contributed by atoms with van der Waals surface area (Å²) in [4.78, 5) is 28.5. The Morgan fingerprint density at radius 3 is 2.62 bits per heavy atom. The normalized spacial score (nSPS) is 10.2. The number of anilines is 2. The SMILES string of the molecule is Cc1ccc(NC(=O)c2csc(C(=O)O)n2)cc1N(C)C. The van der Waals surface area contributed by atoms with Gasteiger partial charge < -0.3 is 15.3 Å². The van der Waals surface area contributed by atoms with Crippen LogP contribution in [0.15, 0.2) is 23.6 Å². The summed E-state index contributed by atoms with van der Waals surface area (Å²) in [6.45, 7) is 1.99. The second-order valence-electron chi connectivity index (χ2n) is 4.69. The van der Waals surface area contributed by atoms with Gasteiger partial charge in [-0.2, -0.15) is 0 Å². The first kappa shape index (κ1) is 15.0. The third-order valence-electron chi connectivity index (χ3n) is 2.87. The summed E-state index contributed by atoms with van der Waals surface area (Å²) < 4.78 is 0. The Kier molecular flexibility index (Phi) is 4.23. The number of amides is 1. The molecular formula is C14H15N3O3S.